The lowest BCUT2D eigenvalue weighted by molar-refractivity contribution is 0.0706. The minimum absolute atomic E-state index is 0.107. The molecular formula is C15H14N4O4S2. The SMILES string of the molecule is CC(NS(=O)(=O)c1ccc2nsnc2c1)c1ccc(C(=O)NO)cc1. The first-order chi connectivity index (χ1) is 11.9. The predicted octanol–water partition coefficient (Wildman–Crippen LogP) is 1.85. The Morgan fingerprint density at radius 3 is 2.48 bits per heavy atom. The van der Waals surface area contributed by atoms with Crippen molar-refractivity contribution in [1.82, 2.24) is 18.9 Å². The molecule has 0 radical (unpaired) electrons. The van der Waals surface area contributed by atoms with Gasteiger partial charge in [-0.3, -0.25) is 10.0 Å². The molecule has 2 aromatic carbocycles. The number of amides is 1. The maximum Gasteiger partial charge on any atom is 0.274 e. The molecule has 25 heavy (non-hydrogen) atoms. The summed E-state index contributed by atoms with van der Waals surface area (Å²) in [7, 11) is -3.74. The Balaban J connectivity index is 1.80. The van der Waals surface area contributed by atoms with Crippen LogP contribution in [0.15, 0.2) is 47.4 Å². The van der Waals surface area contributed by atoms with Crippen molar-refractivity contribution in [1.29, 1.82) is 0 Å². The van der Waals surface area contributed by atoms with Crippen LogP contribution < -0.4 is 10.2 Å². The van der Waals surface area contributed by atoms with Gasteiger partial charge in [0, 0.05) is 11.6 Å². The highest BCUT2D eigenvalue weighted by Crippen LogP contribution is 2.20. The van der Waals surface area contributed by atoms with Gasteiger partial charge in [-0.05, 0) is 42.8 Å². The van der Waals surface area contributed by atoms with Crippen LogP contribution in [0, 0.1) is 0 Å². The van der Waals surface area contributed by atoms with Crippen molar-refractivity contribution in [2.45, 2.75) is 17.9 Å². The number of hydrogen-bond acceptors (Lipinski definition) is 7. The average molecular weight is 378 g/mol. The van der Waals surface area contributed by atoms with E-state index in [2.05, 4.69) is 13.5 Å². The summed E-state index contributed by atoms with van der Waals surface area (Å²) in [5.74, 6) is -0.634. The normalized spacial score (nSPS) is 12.9. The van der Waals surface area contributed by atoms with Crippen molar-refractivity contribution in [2.75, 3.05) is 0 Å². The summed E-state index contributed by atoms with van der Waals surface area (Å²) in [6, 6.07) is 10.3. The van der Waals surface area contributed by atoms with Crippen LogP contribution in [0.2, 0.25) is 0 Å². The van der Waals surface area contributed by atoms with E-state index in [1.807, 2.05) is 0 Å². The summed E-state index contributed by atoms with van der Waals surface area (Å²) >= 11 is 1.02. The first kappa shape index (κ1) is 17.4. The van der Waals surface area contributed by atoms with Gasteiger partial charge in [-0.1, -0.05) is 12.1 Å². The Kier molecular flexibility index (Phi) is 4.77. The molecular weight excluding hydrogens is 364 g/mol. The Bertz CT molecular complexity index is 1020. The summed E-state index contributed by atoms with van der Waals surface area (Å²) in [5.41, 5.74) is 3.66. The molecule has 3 N–H and O–H groups in total. The number of benzene rings is 2. The minimum atomic E-state index is -3.74. The van der Waals surface area contributed by atoms with Crippen molar-refractivity contribution in [3.8, 4) is 0 Å². The Morgan fingerprint density at radius 1 is 1.12 bits per heavy atom. The predicted molar refractivity (Wildman–Crippen MR) is 91.8 cm³/mol. The van der Waals surface area contributed by atoms with E-state index in [0.29, 0.717) is 16.6 Å². The van der Waals surface area contributed by atoms with E-state index in [1.165, 1.54) is 24.3 Å². The number of hydrogen-bond donors (Lipinski definition) is 3. The zero-order chi connectivity index (χ0) is 18.0. The Morgan fingerprint density at radius 2 is 1.80 bits per heavy atom. The molecule has 0 aliphatic rings. The molecule has 1 heterocycles. The monoisotopic (exact) mass is 378 g/mol. The van der Waals surface area contributed by atoms with Crippen LogP contribution in [-0.2, 0) is 10.0 Å². The molecule has 3 aromatic rings. The first-order valence-corrected chi connectivity index (χ1v) is 9.41. The van der Waals surface area contributed by atoms with E-state index >= 15 is 0 Å². The van der Waals surface area contributed by atoms with Gasteiger partial charge >= 0.3 is 0 Å². The van der Waals surface area contributed by atoms with Gasteiger partial charge in [0.25, 0.3) is 5.91 Å². The molecule has 0 aliphatic carbocycles. The van der Waals surface area contributed by atoms with Gasteiger partial charge in [-0.15, -0.1) is 0 Å². The van der Waals surface area contributed by atoms with Crippen LogP contribution in [0.5, 0.6) is 0 Å². The minimum Gasteiger partial charge on any atom is -0.288 e. The summed E-state index contributed by atoms with van der Waals surface area (Å²) in [6.07, 6.45) is 0. The van der Waals surface area contributed by atoms with E-state index in [1.54, 1.807) is 30.6 Å². The van der Waals surface area contributed by atoms with E-state index < -0.39 is 22.0 Å². The molecule has 1 aromatic heterocycles. The zero-order valence-corrected chi connectivity index (χ0v) is 14.6. The molecule has 8 nitrogen and oxygen atoms in total. The third kappa shape index (κ3) is 3.66. The summed E-state index contributed by atoms with van der Waals surface area (Å²) < 4.78 is 35.8. The van der Waals surface area contributed by atoms with Gasteiger partial charge in [-0.2, -0.15) is 8.75 Å². The fraction of sp³-hybridized carbons (Fsp3) is 0.133. The maximum atomic E-state index is 12.5. The van der Waals surface area contributed by atoms with Gasteiger partial charge < -0.3 is 0 Å². The number of hydroxylamine groups is 1. The fourth-order valence-electron chi connectivity index (χ4n) is 2.29. The second kappa shape index (κ2) is 6.84. The van der Waals surface area contributed by atoms with Crippen LogP contribution in [0.25, 0.3) is 11.0 Å². The molecule has 1 amide bonds. The topological polar surface area (TPSA) is 121 Å². The molecule has 0 spiro atoms. The smallest absolute Gasteiger partial charge is 0.274 e. The Hall–Kier alpha value is -2.40. The third-order valence-corrected chi connectivity index (χ3v) is 5.74. The lowest BCUT2D eigenvalue weighted by Crippen LogP contribution is -2.27. The number of rotatable bonds is 5. The molecule has 0 bridgehead atoms. The number of carbonyl (C=O) groups is 1. The molecule has 1 unspecified atom stereocenters. The molecule has 0 aliphatic heterocycles. The molecule has 3 rings (SSSR count). The lowest BCUT2D eigenvalue weighted by atomic mass is 10.1. The van der Waals surface area contributed by atoms with Crippen molar-refractivity contribution < 1.29 is 18.4 Å². The molecule has 10 heteroatoms. The van der Waals surface area contributed by atoms with Crippen LogP contribution in [0.4, 0.5) is 0 Å². The first-order valence-electron chi connectivity index (χ1n) is 7.20. The second-order valence-corrected chi connectivity index (χ2v) is 7.56. The Labute approximate surface area is 147 Å². The van der Waals surface area contributed by atoms with Crippen molar-refractivity contribution in [3.05, 3.63) is 53.6 Å². The second-order valence-electron chi connectivity index (χ2n) is 5.32. The maximum absolute atomic E-state index is 12.5. The number of aromatic nitrogens is 2. The molecule has 130 valence electrons. The van der Waals surface area contributed by atoms with Crippen molar-refractivity contribution in [2.24, 2.45) is 0 Å². The highest BCUT2D eigenvalue weighted by atomic mass is 32.2. The summed E-state index contributed by atoms with van der Waals surface area (Å²) in [5, 5.41) is 8.61. The lowest BCUT2D eigenvalue weighted by Gasteiger charge is -2.15. The number of sulfonamides is 1. The fourth-order valence-corrected chi connectivity index (χ4v) is 4.05. The highest BCUT2D eigenvalue weighted by Gasteiger charge is 2.19. The third-order valence-electron chi connectivity index (χ3n) is 3.64. The van der Waals surface area contributed by atoms with Crippen molar-refractivity contribution >= 4 is 38.7 Å². The molecule has 0 saturated heterocycles. The van der Waals surface area contributed by atoms with Crippen LogP contribution in [0.3, 0.4) is 0 Å². The summed E-state index contributed by atoms with van der Waals surface area (Å²) in [4.78, 5) is 11.4. The quantitative estimate of drug-likeness (QED) is 0.460. The largest absolute Gasteiger partial charge is 0.288 e. The van der Waals surface area contributed by atoms with Crippen LogP contribution >= 0.6 is 11.7 Å². The molecule has 1 atom stereocenters. The number of nitrogens with one attached hydrogen (secondary N) is 2. The van der Waals surface area contributed by atoms with E-state index in [4.69, 9.17) is 5.21 Å². The molecule has 0 saturated carbocycles. The standard InChI is InChI=1S/C15H14N4O4S2/c1-9(10-2-4-11(5-3-10)15(20)16-21)19-25(22,23)12-6-7-13-14(8-12)18-24-17-13/h2-9,19,21H,1H3,(H,16,20). The zero-order valence-electron chi connectivity index (χ0n) is 13.0. The number of carbonyl (C=O) groups excluding carboxylic acids is 1. The van der Waals surface area contributed by atoms with Crippen LogP contribution in [0.1, 0.15) is 28.9 Å². The summed E-state index contributed by atoms with van der Waals surface area (Å²) in [6.45, 7) is 1.70. The van der Waals surface area contributed by atoms with Gasteiger partial charge in [0.2, 0.25) is 10.0 Å². The van der Waals surface area contributed by atoms with Crippen LogP contribution in [-0.4, -0.2) is 28.3 Å². The van der Waals surface area contributed by atoms with Gasteiger partial charge in [0.05, 0.1) is 16.6 Å². The van der Waals surface area contributed by atoms with E-state index in [9.17, 15) is 13.2 Å². The molecule has 0 fully saturated rings. The van der Waals surface area contributed by atoms with E-state index in [-0.39, 0.29) is 10.5 Å². The van der Waals surface area contributed by atoms with Gasteiger partial charge in [-0.25, -0.2) is 18.6 Å². The van der Waals surface area contributed by atoms with Gasteiger partial charge in [0.1, 0.15) is 11.0 Å². The highest BCUT2D eigenvalue weighted by molar-refractivity contribution is 7.89. The van der Waals surface area contributed by atoms with Gasteiger partial charge in [0.15, 0.2) is 0 Å². The van der Waals surface area contributed by atoms with Crippen molar-refractivity contribution in [3.63, 3.8) is 0 Å². The number of fused-ring (bicyclic) bond motifs is 1. The average Bonchev–Trinajstić information content (AvgIpc) is 3.08. The van der Waals surface area contributed by atoms with E-state index in [0.717, 1.165) is 11.7 Å². The number of nitrogens with zero attached hydrogens (tertiary/aromatic N) is 2.